The van der Waals surface area contributed by atoms with E-state index < -0.39 is 0 Å². The minimum atomic E-state index is 0.955. The first kappa shape index (κ1) is 8.93. The Morgan fingerprint density at radius 3 is 2.25 bits per heavy atom. The highest BCUT2D eigenvalue weighted by molar-refractivity contribution is 8.00. The minimum Gasteiger partial charge on any atom is -0.155 e. The predicted octanol–water partition coefficient (Wildman–Crippen LogP) is 3.85. The molecule has 1 aliphatic heterocycles. The second kappa shape index (κ2) is 4.04. The van der Waals surface area contributed by atoms with E-state index in [9.17, 15) is 0 Å². The molecule has 0 bridgehead atoms. The van der Waals surface area contributed by atoms with Crippen molar-refractivity contribution >= 4 is 11.8 Å². The molecule has 2 fully saturated rings. The van der Waals surface area contributed by atoms with Crippen molar-refractivity contribution in [3.63, 3.8) is 0 Å². The fourth-order valence-electron chi connectivity index (χ4n) is 2.69. The Labute approximate surface area is 80.5 Å². The van der Waals surface area contributed by atoms with Crippen LogP contribution in [0.25, 0.3) is 0 Å². The molecule has 2 unspecified atom stereocenters. The molecule has 0 nitrogen and oxygen atoms in total. The summed E-state index contributed by atoms with van der Waals surface area (Å²) in [6.07, 6.45) is 10.6. The molecule has 0 amide bonds. The summed E-state index contributed by atoms with van der Waals surface area (Å²) < 4.78 is 0. The van der Waals surface area contributed by atoms with Crippen LogP contribution in [0, 0.1) is 5.92 Å². The summed E-state index contributed by atoms with van der Waals surface area (Å²) in [5.74, 6) is 1.09. The van der Waals surface area contributed by atoms with Gasteiger partial charge in [0, 0.05) is 10.5 Å². The summed E-state index contributed by atoms with van der Waals surface area (Å²) in [6, 6.07) is 0. The van der Waals surface area contributed by atoms with Crippen LogP contribution in [0.4, 0.5) is 0 Å². The minimum absolute atomic E-state index is 0.955. The molecule has 0 aromatic heterocycles. The van der Waals surface area contributed by atoms with E-state index in [0.717, 1.165) is 16.4 Å². The van der Waals surface area contributed by atoms with Crippen LogP contribution in [0.15, 0.2) is 0 Å². The lowest BCUT2D eigenvalue weighted by Crippen LogP contribution is -2.17. The van der Waals surface area contributed by atoms with E-state index in [4.69, 9.17) is 0 Å². The molecule has 0 radical (unpaired) electrons. The Morgan fingerprint density at radius 1 is 0.917 bits per heavy atom. The van der Waals surface area contributed by atoms with Gasteiger partial charge in [0.2, 0.25) is 0 Å². The molecule has 0 spiro atoms. The van der Waals surface area contributed by atoms with Gasteiger partial charge in [0.15, 0.2) is 0 Å². The molecular formula is C11H20S. The third-order valence-corrected chi connectivity index (χ3v) is 5.11. The van der Waals surface area contributed by atoms with Crippen LogP contribution in [0.2, 0.25) is 0 Å². The van der Waals surface area contributed by atoms with Crippen LogP contribution in [-0.4, -0.2) is 10.5 Å². The van der Waals surface area contributed by atoms with Gasteiger partial charge in [-0.25, -0.2) is 0 Å². The number of rotatable bonds is 1. The summed E-state index contributed by atoms with van der Waals surface area (Å²) in [5.41, 5.74) is 0. The summed E-state index contributed by atoms with van der Waals surface area (Å²) in [5, 5.41) is 2.00. The Morgan fingerprint density at radius 2 is 1.67 bits per heavy atom. The average molecular weight is 184 g/mol. The van der Waals surface area contributed by atoms with Gasteiger partial charge in [-0.2, -0.15) is 11.8 Å². The summed E-state index contributed by atoms with van der Waals surface area (Å²) in [6.45, 7) is 2.40. The van der Waals surface area contributed by atoms with E-state index in [1.54, 1.807) is 0 Å². The predicted molar refractivity (Wildman–Crippen MR) is 56.7 cm³/mol. The van der Waals surface area contributed by atoms with Crippen LogP contribution in [-0.2, 0) is 0 Å². The number of thioether (sulfide) groups is 1. The number of hydrogen-bond acceptors (Lipinski definition) is 1. The molecule has 1 saturated heterocycles. The van der Waals surface area contributed by atoms with E-state index in [0.29, 0.717) is 0 Å². The van der Waals surface area contributed by atoms with Crippen LogP contribution >= 0.6 is 11.8 Å². The van der Waals surface area contributed by atoms with E-state index in [1.807, 2.05) is 0 Å². The zero-order valence-corrected chi connectivity index (χ0v) is 8.91. The van der Waals surface area contributed by atoms with Gasteiger partial charge in [-0.15, -0.1) is 0 Å². The second-order valence-corrected chi connectivity index (χ2v) is 6.14. The molecule has 2 atom stereocenters. The highest BCUT2D eigenvalue weighted by Gasteiger charge is 2.29. The molecule has 1 saturated carbocycles. The molecular weight excluding hydrogens is 164 g/mol. The van der Waals surface area contributed by atoms with Gasteiger partial charge in [-0.3, -0.25) is 0 Å². The van der Waals surface area contributed by atoms with Crippen molar-refractivity contribution in [1.29, 1.82) is 0 Å². The SMILES string of the molecule is CC1CCC(C2CCCCC2)S1. The average Bonchev–Trinajstić information content (AvgIpc) is 2.54. The molecule has 2 aliphatic rings. The largest absolute Gasteiger partial charge is 0.155 e. The molecule has 1 aliphatic carbocycles. The second-order valence-electron chi connectivity index (χ2n) is 4.46. The monoisotopic (exact) mass is 184 g/mol. The van der Waals surface area contributed by atoms with Gasteiger partial charge in [0.05, 0.1) is 0 Å². The molecule has 1 heteroatoms. The molecule has 12 heavy (non-hydrogen) atoms. The standard InChI is InChI=1S/C11H20S/c1-9-7-8-11(12-9)10-5-3-2-4-6-10/h9-11H,2-8H2,1H3. The molecule has 2 rings (SSSR count). The van der Waals surface area contributed by atoms with Crippen molar-refractivity contribution in [3.05, 3.63) is 0 Å². The Hall–Kier alpha value is 0.350. The van der Waals surface area contributed by atoms with Crippen LogP contribution in [0.3, 0.4) is 0 Å². The molecule has 0 N–H and O–H groups in total. The van der Waals surface area contributed by atoms with Gasteiger partial charge in [0.25, 0.3) is 0 Å². The third-order valence-electron chi connectivity index (χ3n) is 3.44. The first-order valence-corrected chi connectivity index (χ1v) is 6.46. The normalized spacial score (nSPS) is 38.8. The van der Waals surface area contributed by atoms with Gasteiger partial charge < -0.3 is 0 Å². The van der Waals surface area contributed by atoms with Crippen molar-refractivity contribution in [3.8, 4) is 0 Å². The van der Waals surface area contributed by atoms with Crippen molar-refractivity contribution < 1.29 is 0 Å². The highest BCUT2D eigenvalue weighted by atomic mass is 32.2. The summed E-state index contributed by atoms with van der Waals surface area (Å²) >= 11 is 2.27. The Bertz CT molecular complexity index is 135. The Kier molecular flexibility index (Phi) is 3.00. The lowest BCUT2D eigenvalue weighted by atomic mass is 9.85. The molecule has 1 heterocycles. The van der Waals surface area contributed by atoms with Crippen molar-refractivity contribution in [2.45, 2.75) is 62.4 Å². The van der Waals surface area contributed by atoms with Crippen molar-refractivity contribution in [1.82, 2.24) is 0 Å². The van der Waals surface area contributed by atoms with Crippen LogP contribution < -0.4 is 0 Å². The smallest absolute Gasteiger partial charge is 0.00783 e. The maximum absolute atomic E-state index is 2.40. The topological polar surface area (TPSA) is 0 Å². The lowest BCUT2D eigenvalue weighted by molar-refractivity contribution is 0.344. The maximum atomic E-state index is 2.40. The van der Waals surface area contributed by atoms with Crippen LogP contribution in [0.1, 0.15) is 51.9 Å². The zero-order valence-electron chi connectivity index (χ0n) is 8.09. The zero-order chi connectivity index (χ0) is 8.39. The van der Waals surface area contributed by atoms with Gasteiger partial charge in [-0.1, -0.05) is 26.2 Å². The fraction of sp³-hybridized carbons (Fsp3) is 1.00. The summed E-state index contributed by atoms with van der Waals surface area (Å²) in [4.78, 5) is 0. The van der Waals surface area contributed by atoms with E-state index in [1.165, 1.54) is 44.9 Å². The highest BCUT2D eigenvalue weighted by Crippen LogP contribution is 2.42. The van der Waals surface area contributed by atoms with Gasteiger partial charge in [-0.05, 0) is 31.6 Å². The quantitative estimate of drug-likeness (QED) is 0.596. The fourth-order valence-corrected chi connectivity index (χ4v) is 4.32. The lowest BCUT2D eigenvalue weighted by Gasteiger charge is -2.26. The number of hydrogen-bond donors (Lipinski definition) is 0. The molecule has 70 valence electrons. The summed E-state index contributed by atoms with van der Waals surface area (Å²) in [7, 11) is 0. The molecule has 0 aromatic carbocycles. The Balaban J connectivity index is 1.83. The van der Waals surface area contributed by atoms with Crippen molar-refractivity contribution in [2.75, 3.05) is 0 Å². The van der Waals surface area contributed by atoms with Gasteiger partial charge in [0.1, 0.15) is 0 Å². The van der Waals surface area contributed by atoms with E-state index in [2.05, 4.69) is 18.7 Å². The van der Waals surface area contributed by atoms with Crippen molar-refractivity contribution in [2.24, 2.45) is 5.92 Å². The van der Waals surface area contributed by atoms with Crippen LogP contribution in [0.5, 0.6) is 0 Å². The maximum Gasteiger partial charge on any atom is 0.00783 e. The van der Waals surface area contributed by atoms with E-state index >= 15 is 0 Å². The third kappa shape index (κ3) is 1.99. The first-order chi connectivity index (χ1) is 5.86. The van der Waals surface area contributed by atoms with E-state index in [-0.39, 0.29) is 0 Å². The first-order valence-electron chi connectivity index (χ1n) is 5.52. The van der Waals surface area contributed by atoms with Gasteiger partial charge >= 0.3 is 0 Å². The molecule has 0 aromatic rings.